The van der Waals surface area contributed by atoms with Crippen molar-refractivity contribution in [2.75, 3.05) is 0 Å². The summed E-state index contributed by atoms with van der Waals surface area (Å²) in [5, 5.41) is 7.90. The van der Waals surface area contributed by atoms with Gasteiger partial charge in [0.25, 0.3) is 0 Å². The molecule has 12 heavy (non-hydrogen) atoms. The number of aryl methyl sites for hydroxylation is 1. The maximum absolute atomic E-state index is 13.3. The molecule has 0 aromatic carbocycles. The quantitative estimate of drug-likeness (QED) is 0.642. The van der Waals surface area contributed by atoms with Gasteiger partial charge in [0.15, 0.2) is 6.30 Å². The SMILES string of the molecule is CC(C)c1nnc2n1C(F)CC2. The fraction of sp³-hybridized carbons (Fsp3) is 0.750. The normalized spacial score (nSPS) is 21.8. The van der Waals surface area contributed by atoms with E-state index in [0.29, 0.717) is 6.42 Å². The number of rotatable bonds is 1. The molecule has 1 aromatic heterocycles. The van der Waals surface area contributed by atoms with E-state index in [9.17, 15) is 4.39 Å². The van der Waals surface area contributed by atoms with Crippen LogP contribution in [0.25, 0.3) is 0 Å². The van der Waals surface area contributed by atoms with Gasteiger partial charge in [-0.05, 0) is 0 Å². The lowest BCUT2D eigenvalue weighted by Gasteiger charge is -2.08. The van der Waals surface area contributed by atoms with E-state index in [4.69, 9.17) is 0 Å². The lowest BCUT2D eigenvalue weighted by Crippen LogP contribution is -2.05. The van der Waals surface area contributed by atoms with Gasteiger partial charge >= 0.3 is 0 Å². The van der Waals surface area contributed by atoms with Crippen LogP contribution in [0, 0.1) is 0 Å². The molecule has 0 bridgehead atoms. The van der Waals surface area contributed by atoms with Crippen LogP contribution in [-0.2, 0) is 6.42 Å². The first kappa shape index (κ1) is 7.71. The molecular formula is C8H12FN3. The van der Waals surface area contributed by atoms with Gasteiger partial charge < -0.3 is 0 Å². The maximum Gasteiger partial charge on any atom is 0.179 e. The molecule has 0 radical (unpaired) electrons. The van der Waals surface area contributed by atoms with Crippen LogP contribution in [0.15, 0.2) is 0 Å². The van der Waals surface area contributed by atoms with Crippen LogP contribution in [0.4, 0.5) is 4.39 Å². The van der Waals surface area contributed by atoms with Crippen LogP contribution < -0.4 is 0 Å². The molecule has 1 aliphatic rings. The van der Waals surface area contributed by atoms with E-state index in [1.807, 2.05) is 13.8 Å². The lowest BCUT2D eigenvalue weighted by molar-refractivity contribution is 0.245. The summed E-state index contributed by atoms with van der Waals surface area (Å²) in [5.41, 5.74) is 0. The topological polar surface area (TPSA) is 30.7 Å². The summed E-state index contributed by atoms with van der Waals surface area (Å²) in [6.07, 6.45) is 0.387. The monoisotopic (exact) mass is 169 g/mol. The van der Waals surface area contributed by atoms with Crippen molar-refractivity contribution in [2.45, 2.75) is 38.9 Å². The van der Waals surface area contributed by atoms with Crippen molar-refractivity contribution in [2.24, 2.45) is 0 Å². The minimum atomic E-state index is -0.896. The average Bonchev–Trinajstić information content (AvgIpc) is 2.53. The second-order valence-corrected chi connectivity index (χ2v) is 3.47. The predicted molar refractivity (Wildman–Crippen MR) is 42.6 cm³/mol. The molecule has 2 heterocycles. The Morgan fingerprint density at radius 2 is 2.25 bits per heavy atom. The van der Waals surface area contributed by atoms with Gasteiger partial charge in [-0.25, -0.2) is 4.39 Å². The van der Waals surface area contributed by atoms with Gasteiger partial charge in [-0.2, -0.15) is 0 Å². The molecule has 66 valence electrons. The van der Waals surface area contributed by atoms with Crippen molar-refractivity contribution in [3.63, 3.8) is 0 Å². The molecule has 0 aliphatic carbocycles. The Hall–Kier alpha value is -0.930. The Bertz CT molecular complexity index is 292. The predicted octanol–water partition coefficient (Wildman–Crippen LogP) is 1.82. The van der Waals surface area contributed by atoms with Crippen molar-refractivity contribution in [1.82, 2.24) is 14.8 Å². The fourth-order valence-corrected chi connectivity index (χ4v) is 1.58. The third kappa shape index (κ3) is 0.940. The van der Waals surface area contributed by atoms with E-state index in [1.165, 1.54) is 0 Å². The summed E-state index contributed by atoms with van der Waals surface area (Å²) in [4.78, 5) is 0. The molecule has 0 fully saturated rings. The Morgan fingerprint density at radius 3 is 2.92 bits per heavy atom. The molecule has 4 heteroatoms. The molecule has 2 rings (SSSR count). The zero-order valence-corrected chi connectivity index (χ0v) is 7.29. The van der Waals surface area contributed by atoms with E-state index in [2.05, 4.69) is 10.2 Å². The molecule has 0 amide bonds. The first-order valence-corrected chi connectivity index (χ1v) is 4.28. The number of nitrogens with zero attached hydrogens (tertiary/aromatic N) is 3. The van der Waals surface area contributed by atoms with Crippen LogP contribution in [-0.4, -0.2) is 14.8 Å². The number of halogens is 1. The van der Waals surface area contributed by atoms with Crippen LogP contribution in [0.3, 0.4) is 0 Å². The van der Waals surface area contributed by atoms with Crippen molar-refractivity contribution in [1.29, 1.82) is 0 Å². The van der Waals surface area contributed by atoms with E-state index in [1.54, 1.807) is 4.57 Å². The van der Waals surface area contributed by atoms with Gasteiger partial charge in [0, 0.05) is 18.8 Å². The third-order valence-electron chi connectivity index (χ3n) is 2.20. The fourth-order valence-electron chi connectivity index (χ4n) is 1.58. The van der Waals surface area contributed by atoms with Crippen molar-refractivity contribution < 1.29 is 4.39 Å². The van der Waals surface area contributed by atoms with Crippen molar-refractivity contribution in [3.05, 3.63) is 11.6 Å². The molecule has 1 aliphatic heterocycles. The molecular weight excluding hydrogens is 157 g/mol. The van der Waals surface area contributed by atoms with Crippen molar-refractivity contribution in [3.8, 4) is 0 Å². The smallest absolute Gasteiger partial charge is 0.179 e. The minimum Gasteiger partial charge on any atom is -0.283 e. The highest BCUT2D eigenvalue weighted by Gasteiger charge is 2.27. The minimum absolute atomic E-state index is 0.252. The molecule has 1 aromatic rings. The Morgan fingerprint density at radius 1 is 1.50 bits per heavy atom. The van der Waals surface area contributed by atoms with Gasteiger partial charge in [0.1, 0.15) is 11.6 Å². The third-order valence-corrected chi connectivity index (χ3v) is 2.20. The molecule has 0 spiro atoms. The van der Waals surface area contributed by atoms with Crippen LogP contribution in [0.2, 0.25) is 0 Å². The van der Waals surface area contributed by atoms with E-state index >= 15 is 0 Å². The van der Waals surface area contributed by atoms with Gasteiger partial charge in [-0.3, -0.25) is 4.57 Å². The first-order chi connectivity index (χ1) is 5.70. The molecule has 3 nitrogen and oxygen atoms in total. The summed E-state index contributed by atoms with van der Waals surface area (Å²) < 4.78 is 14.9. The Balaban J connectivity index is 2.46. The number of aromatic nitrogens is 3. The van der Waals surface area contributed by atoms with Gasteiger partial charge in [-0.1, -0.05) is 13.8 Å². The van der Waals surface area contributed by atoms with Crippen molar-refractivity contribution >= 4 is 0 Å². The zero-order chi connectivity index (χ0) is 8.72. The van der Waals surface area contributed by atoms with E-state index in [-0.39, 0.29) is 5.92 Å². The summed E-state index contributed by atoms with van der Waals surface area (Å²) >= 11 is 0. The highest BCUT2D eigenvalue weighted by molar-refractivity contribution is 5.05. The standard InChI is InChI=1S/C8H12FN3/c1-5(2)8-11-10-7-4-3-6(9)12(7)8/h5-6H,3-4H2,1-2H3. The number of alkyl halides is 1. The average molecular weight is 169 g/mol. The second kappa shape index (κ2) is 2.54. The molecule has 1 atom stereocenters. The summed E-state index contributed by atoms with van der Waals surface area (Å²) in [6.45, 7) is 4.00. The Kier molecular flexibility index (Phi) is 1.63. The molecule has 1 unspecified atom stereocenters. The van der Waals surface area contributed by atoms with Gasteiger partial charge in [0.2, 0.25) is 0 Å². The highest BCUT2D eigenvalue weighted by Crippen LogP contribution is 2.29. The second-order valence-electron chi connectivity index (χ2n) is 3.47. The van der Waals surface area contributed by atoms with Crippen LogP contribution >= 0.6 is 0 Å². The van der Waals surface area contributed by atoms with E-state index in [0.717, 1.165) is 18.1 Å². The van der Waals surface area contributed by atoms with Gasteiger partial charge in [-0.15, -0.1) is 10.2 Å². The lowest BCUT2D eigenvalue weighted by atomic mass is 10.2. The number of hydrogen-bond donors (Lipinski definition) is 0. The number of fused-ring (bicyclic) bond motifs is 1. The molecule has 0 saturated carbocycles. The summed E-state index contributed by atoms with van der Waals surface area (Å²) in [5.74, 6) is 1.82. The summed E-state index contributed by atoms with van der Waals surface area (Å²) in [6, 6.07) is 0. The largest absolute Gasteiger partial charge is 0.283 e. The summed E-state index contributed by atoms with van der Waals surface area (Å²) in [7, 11) is 0. The number of hydrogen-bond acceptors (Lipinski definition) is 2. The Labute approximate surface area is 70.6 Å². The highest BCUT2D eigenvalue weighted by atomic mass is 19.1. The zero-order valence-electron chi connectivity index (χ0n) is 7.29. The first-order valence-electron chi connectivity index (χ1n) is 4.28. The van der Waals surface area contributed by atoms with Crippen LogP contribution in [0.1, 0.15) is 44.1 Å². The van der Waals surface area contributed by atoms with Gasteiger partial charge in [0.05, 0.1) is 0 Å². The molecule has 0 saturated heterocycles. The molecule has 0 N–H and O–H groups in total. The van der Waals surface area contributed by atoms with Crippen LogP contribution in [0.5, 0.6) is 0 Å². The maximum atomic E-state index is 13.3. The van der Waals surface area contributed by atoms with E-state index < -0.39 is 6.30 Å².